The molecular weight excluding hydrogens is 202 g/mol. The summed E-state index contributed by atoms with van der Waals surface area (Å²) in [4.78, 5) is 0. The summed E-state index contributed by atoms with van der Waals surface area (Å²) in [5, 5.41) is 5.66. The molecule has 2 aromatic rings. The second kappa shape index (κ2) is 4.41. The third kappa shape index (κ3) is 2.16. The Morgan fingerprint density at radius 1 is 1.13 bits per heavy atom. The number of hydrogen-bond donors (Lipinski definition) is 1. The van der Waals surface area contributed by atoms with Crippen molar-refractivity contribution < 1.29 is 0 Å². The van der Waals surface area contributed by atoms with Gasteiger partial charge >= 0.3 is 0 Å². The average molecular weight is 215 g/mol. The van der Waals surface area contributed by atoms with Crippen LogP contribution in [0.5, 0.6) is 0 Å². The molecule has 1 nitrogen and oxygen atoms in total. The predicted octanol–water partition coefficient (Wildman–Crippen LogP) is 3.45. The number of thiocarbonyl (C=S) groups is 1. The Morgan fingerprint density at radius 3 is 2.60 bits per heavy atom. The lowest BCUT2D eigenvalue weighted by Crippen LogP contribution is -2.14. The highest BCUT2D eigenvalue weighted by Gasteiger charge is 2.02. The van der Waals surface area contributed by atoms with Gasteiger partial charge in [-0.2, -0.15) is 0 Å². The van der Waals surface area contributed by atoms with Gasteiger partial charge in [-0.25, -0.2) is 0 Å². The molecule has 0 aromatic heterocycles. The first kappa shape index (κ1) is 10.1. The maximum atomic E-state index is 4.79. The molecule has 1 atom stereocenters. The highest BCUT2D eigenvalue weighted by Crippen LogP contribution is 2.19. The largest absolute Gasteiger partial charge is 0.376 e. The van der Waals surface area contributed by atoms with Crippen molar-refractivity contribution in [2.45, 2.75) is 13.0 Å². The molecular formula is C13H13NS. The van der Waals surface area contributed by atoms with E-state index in [1.807, 2.05) is 0 Å². The molecule has 2 rings (SSSR count). The third-order valence-corrected chi connectivity index (χ3v) is 2.73. The molecule has 15 heavy (non-hydrogen) atoms. The van der Waals surface area contributed by atoms with Crippen LogP contribution in [0.2, 0.25) is 0 Å². The SMILES string of the molecule is C[C@H](NC=S)c1ccc2ccccc2c1. The average Bonchev–Trinajstić information content (AvgIpc) is 2.29. The Balaban J connectivity index is 2.42. The first-order valence-electron chi connectivity index (χ1n) is 4.99. The van der Waals surface area contributed by atoms with Gasteiger partial charge in [0.2, 0.25) is 0 Å². The third-order valence-electron chi connectivity index (χ3n) is 2.59. The number of fused-ring (bicyclic) bond motifs is 1. The van der Waals surface area contributed by atoms with E-state index in [9.17, 15) is 0 Å². The molecule has 0 radical (unpaired) electrons. The lowest BCUT2D eigenvalue weighted by molar-refractivity contribution is 0.734. The van der Waals surface area contributed by atoms with Crippen molar-refractivity contribution in [2.75, 3.05) is 0 Å². The smallest absolute Gasteiger partial charge is 0.0619 e. The molecule has 0 unspecified atom stereocenters. The number of nitrogens with one attached hydrogen (secondary N) is 1. The van der Waals surface area contributed by atoms with Gasteiger partial charge < -0.3 is 5.32 Å². The van der Waals surface area contributed by atoms with E-state index >= 15 is 0 Å². The van der Waals surface area contributed by atoms with Crippen LogP contribution in [-0.2, 0) is 0 Å². The summed E-state index contributed by atoms with van der Waals surface area (Å²) in [5.74, 6) is 0. The van der Waals surface area contributed by atoms with Crippen LogP contribution in [-0.4, -0.2) is 5.49 Å². The number of hydrogen-bond acceptors (Lipinski definition) is 1. The predicted molar refractivity (Wildman–Crippen MR) is 69.2 cm³/mol. The van der Waals surface area contributed by atoms with Crippen molar-refractivity contribution in [3.05, 3.63) is 48.0 Å². The van der Waals surface area contributed by atoms with Crippen LogP contribution in [0.1, 0.15) is 18.5 Å². The topological polar surface area (TPSA) is 12.0 Å². The summed E-state index contributed by atoms with van der Waals surface area (Å²) in [6.45, 7) is 2.10. The van der Waals surface area contributed by atoms with Gasteiger partial charge in [0.15, 0.2) is 0 Å². The van der Waals surface area contributed by atoms with Crippen LogP contribution in [0.25, 0.3) is 10.8 Å². The van der Waals surface area contributed by atoms with Crippen molar-refractivity contribution in [2.24, 2.45) is 0 Å². The lowest BCUT2D eigenvalue weighted by Gasteiger charge is -2.12. The minimum Gasteiger partial charge on any atom is -0.376 e. The van der Waals surface area contributed by atoms with Gasteiger partial charge in [0.1, 0.15) is 0 Å². The summed E-state index contributed by atoms with van der Waals surface area (Å²) in [7, 11) is 0. The van der Waals surface area contributed by atoms with E-state index in [1.54, 1.807) is 5.49 Å². The second-order valence-corrected chi connectivity index (χ2v) is 3.85. The Morgan fingerprint density at radius 2 is 1.87 bits per heavy atom. The van der Waals surface area contributed by atoms with Gasteiger partial charge in [-0.05, 0) is 29.3 Å². The van der Waals surface area contributed by atoms with Crippen LogP contribution in [0.4, 0.5) is 0 Å². The molecule has 76 valence electrons. The Bertz CT molecular complexity index is 479. The minimum atomic E-state index is 0.270. The molecule has 2 aromatic carbocycles. The van der Waals surface area contributed by atoms with Gasteiger partial charge in [0.05, 0.1) is 5.49 Å². The van der Waals surface area contributed by atoms with Crippen LogP contribution in [0.3, 0.4) is 0 Å². The molecule has 0 bridgehead atoms. The van der Waals surface area contributed by atoms with E-state index in [0.717, 1.165) is 0 Å². The van der Waals surface area contributed by atoms with Crippen LogP contribution >= 0.6 is 12.2 Å². The van der Waals surface area contributed by atoms with E-state index < -0.39 is 0 Å². The van der Waals surface area contributed by atoms with Crippen molar-refractivity contribution >= 4 is 28.5 Å². The minimum absolute atomic E-state index is 0.270. The molecule has 0 heterocycles. The van der Waals surface area contributed by atoms with Crippen LogP contribution < -0.4 is 5.32 Å². The van der Waals surface area contributed by atoms with E-state index in [2.05, 4.69) is 54.7 Å². The Hall–Kier alpha value is -1.41. The summed E-state index contributed by atoms with van der Waals surface area (Å²) in [5.41, 5.74) is 2.83. The fourth-order valence-electron chi connectivity index (χ4n) is 1.68. The van der Waals surface area contributed by atoms with Crippen LogP contribution in [0, 0.1) is 0 Å². The molecule has 0 saturated heterocycles. The zero-order valence-electron chi connectivity index (χ0n) is 8.60. The van der Waals surface area contributed by atoms with Crippen molar-refractivity contribution in [3.8, 4) is 0 Å². The van der Waals surface area contributed by atoms with E-state index in [1.165, 1.54) is 16.3 Å². The Labute approximate surface area is 95.1 Å². The molecule has 1 N–H and O–H groups in total. The summed E-state index contributed by atoms with van der Waals surface area (Å²) in [6.07, 6.45) is 0. The fraction of sp³-hybridized carbons (Fsp3) is 0.154. The van der Waals surface area contributed by atoms with Gasteiger partial charge in [0.25, 0.3) is 0 Å². The van der Waals surface area contributed by atoms with Crippen LogP contribution in [0.15, 0.2) is 42.5 Å². The molecule has 0 saturated carbocycles. The molecule has 0 aliphatic rings. The van der Waals surface area contributed by atoms with E-state index in [-0.39, 0.29) is 6.04 Å². The molecule has 2 heteroatoms. The first-order valence-corrected chi connectivity index (χ1v) is 5.47. The molecule has 0 fully saturated rings. The van der Waals surface area contributed by atoms with Gasteiger partial charge in [-0.3, -0.25) is 0 Å². The lowest BCUT2D eigenvalue weighted by atomic mass is 10.0. The summed E-state index contributed by atoms with van der Waals surface area (Å²) < 4.78 is 0. The molecule has 0 spiro atoms. The first-order chi connectivity index (χ1) is 7.31. The van der Waals surface area contributed by atoms with Gasteiger partial charge in [-0.15, -0.1) is 0 Å². The van der Waals surface area contributed by atoms with Crippen molar-refractivity contribution in [1.29, 1.82) is 0 Å². The van der Waals surface area contributed by atoms with Crippen molar-refractivity contribution in [1.82, 2.24) is 5.32 Å². The zero-order chi connectivity index (χ0) is 10.7. The maximum absolute atomic E-state index is 4.79. The molecule has 0 aliphatic heterocycles. The Kier molecular flexibility index (Phi) is 2.97. The summed E-state index contributed by atoms with van der Waals surface area (Å²) >= 11 is 4.79. The quantitative estimate of drug-likeness (QED) is 0.787. The van der Waals surface area contributed by atoms with E-state index in [4.69, 9.17) is 12.2 Å². The number of benzene rings is 2. The highest BCUT2D eigenvalue weighted by molar-refractivity contribution is 7.78. The molecule has 0 aliphatic carbocycles. The monoisotopic (exact) mass is 215 g/mol. The number of rotatable bonds is 3. The summed E-state index contributed by atoms with van der Waals surface area (Å²) in [6, 6.07) is 15.1. The maximum Gasteiger partial charge on any atom is 0.0619 e. The van der Waals surface area contributed by atoms with Gasteiger partial charge in [0, 0.05) is 6.04 Å². The molecule has 0 amide bonds. The van der Waals surface area contributed by atoms with Gasteiger partial charge in [-0.1, -0.05) is 48.6 Å². The normalized spacial score (nSPS) is 12.3. The standard InChI is InChI=1S/C13H13NS/c1-10(14-9-15)12-7-6-11-4-2-3-5-13(11)8-12/h2-10H,1H3,(H,14,15)/t10-/m0/s1. The van der Waals surface area contributed by atoms with Crippen molar-refractivity contribution in [3.63, 3.8) is 0 Å². The van der Waals surface area contributed by atoms with E-state index in [0.29, 0.717) is 0 Å². The zero-order valence-corrected chi connectivity index (χ0v) is 9.42. The second-order valence-electron chi connectivity index (χ2n) is 3.61. The highest BCUT2D eigenvalue weighted by atomic mass is 32.1. The fourth-order valence-corrected chi connectivity index (χ4v) is 1.88.